The van der Waals surface area contributed by atoms with Gasteiger partial charge in [0.25, 0.3) is 0 Å². The molecule has 1 aromatic rings. The smallest absolute Gasteiger partial charge is 0.191 e. The Hall–Kier alpha value is -1.79. The van der Waals surface area contributed by atoms with E-state index in [0.717, 1.165) is 62.8 Å². The molecule has 0 aromatic heterocycles. The maximum Gasteiger partial charge on any atom is 0.191 e. The van der Waals surface area contributed by atoms with Gasteiger partial charge in [-0.15, -0.1) is 0 Å². The number of nitrogens with zero attached hydrogens (tertiary/aromatic N) is 1. The second-order valence-corrected chi connectivity index (χ2v) is 6.68. The Kier molecular flexibility index (Phi) is 8.19. The van der Waals surface area contributed by atoms with Crippen molar-refractivity contribution >= 4 is 5.96 Å². The van der Waals surface area contributed by atoms with Gasteiger partial charge in [0.1, 0.15) is 5.75 Å². The van der Waals surface area contributed by atoms with Crippen molar-refractivity contribution in [3.05, 3.63) is 29.3 Å². The van der Waals surface area contributed by atoms with Crippen molar-refractivity contribution in [3.8, 4) is 5.75 Å². The van der Waals surface area contributed by atoms with Crippen LogP contribution in [-0.2, 0) is 15.9 Å². The van der Waals surface area contributed by atoms with Crippen LogP contribution in [0.15, 0.2) is 23.2 Å². The van der Waals surface area contributed by atoms with E-state index < -0.39 is 0 Å². The van der Waals surface area contributed by atoms with E-state index in [1.54, 1.807) is 14.2 Å². The summed E-state index contributed by atoms with van der Waals surface area (Å²) in [7, 11) is 3.48. The largest absolute Gasteiger partial charge is 0.496 e. The number of aliphatic imine (C=N–C) groups is 1. The molecule has 146 valence electrons. The molecule has 1 aliphatic rings. The number of ether oxygens (including phenoxy) is 3. The fourth-order valence-electron chi connectivity index (χ4n) is 3.08. The highest BCUT2D eigenvalue weighted by Crippen LogP contribution is 2.24. The Morgan fingerprint density at radius 2 is 2.00 bits per heavy atom. The molecule has 1 fully saturated rings. The monoisotopic (exact) mass is 363 g/mol. The first-order valence-corrected chi connectivity index (χ1v) is 9.41. The number of benzene rings is 1. The highest BCUT2D eigenvalue weighted by Gasteiger charge is 2.32. The first-order valence-electron chi connectivity index (χ1n) is 9.41. The predicted octanol–water partition coefficient (Wildman–Crippen LogP) is 2.30. The zero-order valence-electron chi connectivity index (χ0n) is 16.6. The van der Waals surface area contributed by atoms with E-state index in [2.05, 4.69) is 42.7 Å². The third-order valence-electron chi connectivity index (χ3n) is 4.89. The summed E-state index contributed by atoms with van der Waals surface area (Å²) in [6.07, 6.45) is 2.68. The van der Waals surface area contributed by atoms with Crippen LogP contribution >= 0.6 is 0 Å². The van der Waals surface area contributed by atoms with E-state index >= 15 is 0 Å². The molecule has 2 N–H and O–H groups in total. The minimum atomic E-state index is -0.203. The summed E-state index contributed by atoms with van der Waals surface area (Å²) >= 11 is 0. The predicted molar refractivity (Wildman–Crippen MR) is 105 cm³/mol. The molecule has 0 atom stereocenters. The number of hydrogen-bond acceptors (Lipinski definition) is 4. The molecule has 1 aliphatic heterocycles. The van der Waals surface area contributed by atoms with Crippen LogP contribution in [0.5, 0.6) is 5.75 Å². The summed E-state index contributed by atoms with van der Waals surface area (Å²) in [4.78, 5) is 4.75. The van der Waals surface area contributed by atoms with Gasteiger partial charge in [-0.1, -0.05) is 12.1 Å². The lowest BCUT2D eigenvalue weighted by Gasteiger charge is -2.34. The number of nitrogens with one attached hydrogen (secondary N) is 2. The van der Waals surface area contributed by atoms with Crippen molar-refractivity contribution in [3.63, 3.8) is 0 Å². The molecule has 0 saturated carbocycles. The zero-order valence-corrected chi connectivity index (χ0v) is 16.6. The van der Waals surface area contributed by atoms with Gasteiger partial charge in [-0.25, -0.2) is 0 Å². The van der Waals surface area contributed by atoms with Crippen molar-refractivity contribution < 1.29 is 14.2 Å². The number of rotatable bonds is 8. The molecule has 6 nitrogen and oxygen atoms in total. The Labute approximate surface area is 157 Å². The van der Waals surface area contributed by atoms with E-state index in [4.69, 9.17) is 19.2 Å². The second kappa shape index (κ2) is 10.4. The zero-order chi connectivity index (χ0) is 18.8. The molecule has 1 saturated heterocycles. The summed E-state index contributed by atoms with van der Waals surface area (Å²) in [5.74, 6) is 1.76. The van der Waals surface area contributed by atoms with Crippen LogP contribution in [0.3, 0.4) is 0 Å². The standard InChI is InChI=1S/C20H33N3O3/c1-5-21-19(23-15-20(25-4)9-12-26-13-10-20)22-11-8-17-7-6-16(2)18(14-17)24-3/h6-7,14H,5,8-13,15H2,1-4H3,(H2,21,22,23). The van der Waals surface area contributed by atoms with Crippen LogP contribution in [-0.4, -0.2) is 58.6 Å². The quantitative estimate of drug-likeness (QED) is 0.548. The number of methoxy groups -OCH3 is 2. The lowest BCUT2D eigenvalue weighted by Crippen LogP contribution is -2.44. The lowest BCUT2D eigenvalue weighted by atomic mass is 9.94. The number of hydrogen-bond donors (Lipinski definition) is 2. The van der Waals surface area contributed by atoms with Gasteiger partial charge in [-0.3, -0.25) is 4.99 Å². The van der Waals surface area contributed by atoms with E-state index in [1.165, 1.54) is 5.56 Å². The van der Waals surface area contributed by atoms with Gasteiger partial charge in [0, 0.05) is 46.3 Å². The van der Waals surface area contributed by atoms with Crippen molar-refractivity contribution in [2.45, 2.75) is 38.7 Å². The van der Waals surface area contributed by atoms with Crippen molar-refractivity contribution in [2.75, 3.05) is 47.1 Å². The summed E-state index contributed by atoms with van der Waals surface area (Å²) in [6.45, 7) is 7.88. The molecule has 1 heterocycles. The fraction of sp³-hybridized carbons (Fsp3) is 0.650. The molecule has 6 heteroatoms. The van der Waals surface area contributed by atoms with Gasteiger partial charge in [0.15, 0.2) is 5.96 Å². The molecule has 26 heavy (non-hydrogen) atoms. The summed E-state index contributed by atoms with van der Waals surface area (Å²) in [5.41, 5.74) is 2.19. The fourth-order valence-corrected chi connectivity index (χ4v) is 3.08. The Balaban J connectivity index is 1.90. The third-order valence-corrected chi connectivity index (χ3v) is 4.89. The first kappa shape index (κ1) is 20.5. The van der Waals surface area contributed by atoms with Gasteiger partial charge >= 0.3 is 0 Å². The Bertz CT molecular complexity index is 584. The van der Waals surface area contributed by atoms with Gasteiger partial charge < -0.3 is 24.8 Å². The van der Waals surface area contributed by atoms with Crippen LogP contribution in [0.25, 0.3) is 0 Å². The van der Waals surface area contributed by atoms with Crippen LogP contribution < -0.4 is 15.4 Å². The summed E-state index contributed by atoms with van der Waals surface area (Å²) in [6, 6.07) is 6.34. The topological polar surface area (TPSA) is 64.1 Å². The molecule has 0 aliphatic carbocycles. The van der Waals surface area contributed by atoms with Crippen LogP contribution in [0, 0.1) is 6.92 Å². The van der Waals surface area contributed by atoms with E-state index in [-0.39, 0.29) is 5.60 Å². The molecule has 0 amide bonds. The maximum atomic E-state index is 5.76. The van der Waals surface area contributed by atoms with Crippen molar-refractivity contribution in [2.24, 2.45) is 4.99 Å². The molecule has 2 rings (SSSR count). The minimum Gasteiger partial charge on any atom is -0.496 e. The van der Waals surface area contributed by atoms with Crippen LogP contribution in [0.4, 0.5) is 0 Å². The molecule has 1 aromatic carbocycles. The second-order valence-electron chi connectivity index (χ2n) is 6.68. The lowest BCUT2D eigenvalue weighted by molar-refractivity contribution is -0.0828. The Morgan fingerprint density at radius 3 is 2.65 bits per heavy atom. The SMILES string of the molecule is CCNC(=NCC1(OC)CCOCC1)NCCc1ccc(C)c(OC)c1. The molecule has 0 radical (unpaired) electrons. The van der Waals surface area contributed by atoms with Crippen molar-refractivity contribution in [1.29, 1.82) is 0 Å². The average Bonchev–Trinajstić information content (AvgIpc) is 2.68. The molecule has 0 bridgehead atoms. The first-order chi connectivity index (χ1) is 12.6. The minimum absolute atomic E-state index is 0.203. The molecule has 0 spiro atoms. The molecular weight excluding hydrogens is 330 g/mol. The molecule has 0 unspecified atom stereocenters. The normalized spacial score (nSPS) is 17.0. The Morgan fingerprint density at radius 1 is 1.23 bits per heavy atom. The van der Waals surface area contributed by atoms with Gasteiger partial charge in [-0.05, 0) is 37.5 Å². The third kappa shape index (κ3) is 5.88. The highest BCUT2D eigenvalue weighted by molar-refractivity contribution is 5.79. The van der Waals surface area contributed by atoms with Crippen LogP contribution in [0.1, 0.15) is 30.9 Å². The molecular formula is C20H33N3O3. The van der Waals surface area contributed by atoms with E-state index in [9.17, 15) is 0 Å². The average molecular weight is 364 g/mol. The van der Waals surface area contributed by atoms with Gasteiger partial charge in [0.2, 0.25) is 0 Å². The number of guanidine groups is 1. The van der Waals surface area contributed by atoms with Gasteiger partial charge in [0.05, 0.1) is 19.3 Å². The highest BCUT2D eigenvalue weighted by atomic mass is 16.5. The summed E-state index contributed by atoms with van der Waals surface area (Å²) < 4.78 is 16.6. The van der Waals surface area contributed by atoms with E-state index in [1.807, 2.05) is 0 Å². The van der Waals surface area contributed by atoms with Crippen LogP contribution in [0.2, 0.25) is 0 Å². The maximum absolute atomic E-state index is 5.76. The number of aryl methyl sites for hydroxylation is 1. The van der Waals surface area contributed by atoms with E-state index in [0.29, 0.717) is 6.54 Å². The van der Waals surface area contributed by atoms with Crippen molar-refractivity contribution in [1.82, 2.24) is 10.6 Å². The van der Waals surface area contributed by atoms with Gasteiger partial charge in [-0.2, -0.15) is 0 Å². The summed E-state index contributed by atoms with van der Waals surface area (Å²) in [5, 5.41) is 6.72.